The number of oxime groups is 1. The molecule has 0 spiro atoms. The first-order valence-electron chi connectivity index (χ1n) is 6.54. The highest BCUT2D eigenvalue weighted by Crippen LogP contribution is 2.22. The van der Waals surface area contributed by atoms with Gasteiger partial charge in [-0.2, -0.15) is 0 Å². The maximum Gasteiger partial charge on any atom is 0.175 e. The van der Waals surface area contributed by atoms with Crippen molar-refractivity contribution < 1.29 is 9.94 Å². The second-order valence-corrected chi connectivity index (χ2v) is 5.09. The fourth-order valence-corrected chi connectivity index (χ4v) is 1.94. The van der Waals surface area contributed by atoms with Gasteiger partial charge in [0.15, 0.2) is 5.84 Å². The molecule has 19 heavy (non-hydrogen) atoms. The van der Waals surface area contributed by atoms with E-state index in [0.717, 1.165) is 18.5 Å². The van der Waals surface area contributed by atoms with Crippen LogP contribution in [0.2, 0.25) is 0 Å². The number of aryl methyl sites for hydroxylation is 2. The number of rotatable bonds is 6. The number of hydrogen-bond acceptors (Lipinski definition) is 4. The lowest BCUT2D eigenvalue weighted by atomic mass is 10.1. The Kier molecular flexibility index (Phi) is 5.60. The molecule has 5 nitrogen and oxygen atoms in total. The quantitative estimate of drug-likeness (QED) is 0.272. The predicted octanol–water partition coefficient (Wildman–Crippen LogP) is 2.61. The molecule has 0 aliphatic heterocycles. The molecular formula is C14H23N3O2. The summed E-state index contributed by atoms with van der Waals surface area (Å²) in [4.78, 5) is 4.31. The summed E-state index contributed by atoms with van der Waals surface area (Å²) >= 11 is 0. The highest BCUT2D eigenvalue weighted by molar-refractivity contribution is 6.00. The van der Waals surface area contributed by atoms with E-state index in [4.69, 9.17) is 15.7 Å². The minimum Gasteiger partial charge on any atom is -0.493 e. The maximum atomic E-state index is 8.83. The zero-order valence-corrected chi connectivity index (χ0v) is 12.1. The third-order valence-corrected chi connectivity index (χ3v) is 2.84. The lowest BCUT2D eigenvalue weighted by molar-refractivity contribution is 0.295. The minimum atomic E-state index is 0.0314. The van der Waals surface area contributed by atoms with Crippen LogP contribution in [0.25, 0.3) is 0 Å². The lowest BCUT2D eigenvalue weighted by Crippen LogP contribution is -2.18. The smallest absolute Gasteiger partial charge is 0.175 e. The Hall–Kier alpha value is -1.78. The number of ether oxygens (including phenoxy) is 1. The Labute approximate surface area is 114 Å². The van der Waals surface area contributed by atoms with Gasteiger partial charge in [-0.1, -0.05) is 19.0 Å². The monoisotopic (exact) mass is 265 g/mol. The van der Waals surface area contributed by atoms with Gasteiger partial charge >= 0.3 is 0 Å². The normalized spacial score (nSPS) is 11.9. The number of nitrogens with zero attached hydrogens (tertiary/aromatic N) is 2. The van der Waals surface area contributed by atoms with Gasteiger partial charge in [0.25, 0.3) is 0 Å². The first kappa shape index (κ1) is 15.3. The van der Waals surface area contributed by atoms with Crippen LogP contribution in [0.15, 0.2) is 11.2 Å². The van der Waals surface area contributed by atoms with E-state index in [1.165, 1.54) is 0 Å². The van der Waals surface area contributed by atoms with E-state index in [0.29, 0.717) is 29.5 Å². The number of hydrogen-bond donors (Lipinski definition) is 2. The van der Waals surface area contributed by atoms with Gasteiger partial charge in [0, 0.05) is 11.8 Å². The number of amidine groups is 1. The van der Waals surface area contributed by atoms with Crippen molar-refractivity contribution >= 4 is 5.84 Å². The number of pyridine rings is 1. The van der Waals surface area contributed by atoms with Crippen LogP contribution in [0.5, 0.6) is 5.75 Å². The topological polar surface area (TPSA) is 80.7 Å². The van der Waals surface area contributed by atoms with E-state index < -0.39 is 0 Å². The van der Waals surface area contributed by atoms with Crippen LogP contribution in [0.1, 0.15) is 43.6 Å². The van der Waals surface area contributed by atoms with E-state index >= 15 is 0 Å². The zero-order chi connectivity index (χ0) is 14.4. The highest BCUT2D eigenvalue weighted by atomic mass is 16.5. The average molecular weight is 265 g/mol. The van der Waals surface area contributed by atoms with Crippen molar-refractivity contribution in [2.45, 2.75) is 40.5 Å². The van der Waals surface area contributed by atoms with Crippen molar-refractivity contribution in [1.29, 1.82) is 0 Å². The Morgan fingerprint density at radius 1 is 1.47 bits per heavy atom. The molecule has 1 rings (SSSR count). The van der Waals surface area contributed by atoms with Crippen LogP contribution < -0.4 is 10.5 Å². The Bertz CT molecular complexity index is 456. The predicted molar refractivity (Wildman–Crippen MR) is 75.8 cm³/mol. The molecular weight excluding hydrogens is 242 g/mol. The molecule has 106 valence electrons. The van der Waals surface area contributed by atoms with Crippen LogP contribution >= 0.6 is 0 Å². The van der Waals surface area contributed by atoms with Gasteiger partial charge < -0.3 is 15.7 Å². The molecule has 5 heteroatoms. The van der Waals surface area contributed by atoms with Gasteiger partial charge in [0.05, 0.1) is 17.9 Å². The van der Waals surface area contributed by atoms with Crippen molar-refractivity contribution in [3.8, 4) is 5.75 Å². The van der Waals surface area contributed by atoms with Gasteiger partial charge in [0.1, 0.15) is 5.75 Å². The van der Waals surface area contributed by atoms with Gasteiger partial charge in [-0.3, -0.25) is 4.98 Å². The van der Waals surface area contributed by atoms with Gasteiger partial charge in [-0.05, 0) is 32.6 Å². The summed E-state index contributed by atoms with van der Waals surface area (Å²) in [6.45, 7) is 8.70. The molecule has 1 aromatic rings. The molecule has 0 radical (unpaired) electrons. The van der Waals surface area contributed by atoms with Crippen LogP contribution in [-0.2, 0) is 0 Å². The molecule has 0 amide bonds. The van der Waals surface area contributed by atoms with Gasteiger partial charge in [-0.25, -0.2) is 0 Å². The summed E-state index contributed by atoms with van der Waals surface area (Å²) in [5.74, 6) is 1.32. The molecule has 0 saturated carbocycles. The van der Waals surface area contributed by atoms with E-state index in [1.54, 1.807) is 0 Å². The largest absolute Gasteiger partial charge is 0.493 e. The van der Waals surface area contributed by atoms with Crippen molar-refractivity contribution in [1.82, 2.24) is 4.98 Å². The van der Waals surface area contributed by atoms with Crippen molar-refractivity contribution in [3.63, 3.8) is 0 Å². The zero-order valence-electron chi connectivity index (χ0n) is 12.1. The molecule has 0 fully saturated rings. The summed E-state index contributed by atoms with van der Waals surface area (Å²) in [7, 11) is 0. The summed E-state index contributed by atoms with van der Waals surface area (Å²) in [5.41, 5.74) is 7.80. The van der Waals surface area contributed by atoms with Crippen LogP contribution in [0, 0.1) is 19.8 Å². The summed E-state index contributed by atoms with van der Waals surface area (Å²) in [6.07, 6.45) is 2.09. The number of nitrogens with two attached hydrogens (primary N) is 1. The summed E-state index contributed by atoms with van der Waals surface area (Å²) < 4.78 is 5.76. The molecule has 0 aliphatic carbocycles. The first-order chi connectivity index (χ1) is 8.95. The van der Waals surface area contributed by atoms with E-state index in [2.05, 4.69) is 24.0 Å². The molecule has 1 heterocycles. The third-order valence-electron chi connectivity index (χ3n) is 2.84. The van der Waals surface area contributed by atoms with E-state index in [-0.39, 0.29) is 5.84 Å². The summed E-state index contributed by atoms with van der Waals surface area (Å²) in [5, 5.41) is 11.9. The molecule has 3 N–H and O–H groups in total. The Morgan fingerprint density at radius 3 is 2.74 bits per heavy atom. The standard InChI is InChI=1S/C14H23N3O2/c1-9(2)6-5-7-19-12-8-10(3)16-11(4)13(12)14(15)17-18/h8-9,18H,5-7H2,1-4H3,(H2,15,17). The fourth-order valence-electron chi connectivity index (χ4n) is 1.94. The van der Waals surface area contributed by atoms with E-state index in [9.17, 15) is 0 Å². The number of aromatic nitrogens is 1. The first-order valence-corrected chi connectivity index (χ1v) is 6.54. The van der Waals surface area contributed by atoms with Crippen LogP contribution in [0.3, 0.4) is 0 Å². The molecule has 0 aliphatic rings. The molecule has 0 unspecified atom stereocenters. The van der Waals surface area contributed by atoms with Gasteiger partial charge in [-0.15, -0.1) is 0 Å². The molecule has 0 bridgehead atoms. The average Bonchev–Trinajstić information content (AvgIpc) is 2.33. The molecule has 0 aromatic carbocycles. The second-order valence-electron chi connectivity index (χ2n) is 5.09. The SMILES string of the molecule is Cc1cc(OCCCC(C)C)c(/C(N)=N/O)c(C)n1. The molecule has 0 atom stereocenters. The highest BCUT2D eigenvalue weighted by Gasteiger charge is 2.14. The van der Waals surface area contributed by atoms with Crippen LogP contribution in [0.4, 0.5) is 0 Å². The minimum absolute atomic E-state index is 0.0314. The summed E-state index contributed by atoms with van der Waals surface area (Å²) in [6, 6.07) is 1.82. The van der Waals surface area contributed by atoms with Crippen molar-refractivity contribution in [2.24, 2.45) is 16.8 Å². The molecule has 1 aromatic heterocycles. The second kappa shape index (κ2) is 6.97. The molecule has 0 saturated heterocycles. The van der Waals surface area contributed by atoms with E-state index in [1.807, 2.05) is 19.9 Å². The fraction of sp³-hybridized carbons (Fsp3) is 0.571. The van der Waals surface area contributed by atoms with Crippen LogP contribution in [-0.4, -0.2) is 22.6 Å². The lowest BCUT2D eigenvalue weighted by Gasteiger charge is -2.14. The van der Waals surface area contributed by atoms with Crippen molar-refractivity contribution in [2.75, 3.05) is 6.61 Å². The Morgan fingerprint density at radius 2 is 2.16 bits per heavy atom. The third kappa shape index (κ3) is 4.43. The maximum absolute atomic E-state index is 8.83. The Balaban J connectivity index is 2.86. The van der Waals surface area contributed by atoms with Gasteiger partial charge in [0.2, 0.25) is 0 Å². The van der Waals surface area contributed by atoms with Crippen molar-refractivity contribution in [3.05, 3.63) is 23.0 Å².